The summed E-state index contributed by atoms with van der Waals surface area (Å²) in [5.74, 6) is 0.395. The average Bonchev–Trinajstić information content (AvgIpc) is 2.72. The van der Waals surface area contributed by atoms with Gasteiger partial charge in [0.25, 0.3) is 0 Å². The number of Topliss-reactive ketones (excluding diaryl/α,β-unsaturated/α-hetero) is 1. The van der Waals surface area contributed by atoms with Crippen molar-refractivity contribution in [3.63, 3.8) is 0 Å². The minimum atomic E-state index is -0.129. The SMILES string of the molecule is CC(=O)/C=N/Nc1nnn(-c2ccccc2)c1C. The number of carbonyl (C=O) groups excluding carboxylic acids is 1. The zero-order valence-electron chi connectivity index (χ0n) is 10.2. The lowest BCUT2D eigenvalue weighted by Crippen LogP contribution is -2.00. The van der Waals surface area contributed by atoms with Gasteiger partial charge in [0.05, 0.1) is 17.6 Å². The summed E-state index contributed by atoms with van der Waals surface area (Å²) in [6.07, 6.45) is 1.20. The van der Waals surface area contributed by atoms with Crippen molar-refractivity contribution in [3.8, 4) is 5.69 Å². The number of hydrazone groups is 1. The van der Waals surface area contributed by atoms with Crippen molar-refractivity contribution >= 4 is 17.8 Å². The molecule has 0 saturated heterocycles. The number of hydrogen-bond acceptors (Lipinski definition) is 5. The first-order valence-corrected chi connectivity index (χ1v) is 5.46. The van der Waals surface area contributed by atoms with Gasteiger partial charge in [-0.25, -0.2) is 4.68 Å². The van der Waals surface area contributed by atoms with Crippen LogP contribution in [0.25, 0.3) is 5.69 Å². The number of para-hydroxylation sites is 1. The van der Waals surface area contributed by atoms with Crippen molar-refractivity contribution in [2.75, 3.05) is 5.43 Å². The van der Waals surface area contributed by atoms with Crippen molar-refractivity contribution in [1.82, 2.24) is 15.0 Å². The maximum Gasteiger partial charge on any atom is 0.192 e. The highest BCUT2D eigenvalue weighted by Crippen LogP contribution is 2.14. The number of benzene rings is 1. The topological polar surface area (TPSA) is 72.2 Å². The normalized spacial score (nSPS) is 10.8. The molecule has 0 aliphatic heterocycles. The number of aromatic nitrogens is 3. The van der Waals surface area contributed by atoms with E-state index in [1.54, 1.807) is 4.68 Å². The highest BCUT2D eigenvalue weighted by Gasteiger charge is 2.08. The van der Waals surface area contributed by atoms with Crippen LogP contribution in [0.2, 0.25) is 0 Å². The molecule has 0 spiro atoms. The summed E-state index contributed by atoms with van der Waals surface area (Å²) < 4.78 is 1.70. The molecule has 18 heavy (non-hydrogen) atoms. The van der Waals surface area contributed by atoms with Crippen LogP contribution in [0.4, 0.5) is 5.82 Å². The predicted octanol–water partition coefficient (Wildman–Crippen LogP) is 1.56. The van der Waals surface area contributed by atoms with Crippen molar-refractivity contribution in [1.29, 1.82) is 0 Å². The molecule has 2 rings (SSSR count). The Labute approximate surface area is 104 Å². The predicted molar refractivity (Wildman–Crippen MR) is 68.9 cm³/mol. The van der Waals surface area contributed by atoms with Gasteiger partial charge in [0, 0.05) is 6.92 Å². The molecule has 0 amide bonds. The minimum Gasteiger partial charge on any atom is -0.293 e. The zero-order chi connectivity index (χ0) is 13.0. The van der Waals surface area contributed by atoms with Gasteiger partial charge in [0.1, 0.15) is 0 Å². The third-order valence-electron chi connectivity index (χ3n) is 2.31. The van der Waals surface area contributed by atoms with Crippen LogP contribution in [0.3, 0.4) is 0 Å². The monoisotopic (exact) mass is 243 g/mol. The molecule has 0 fully saturated rings. The first-order chi connectivity index (χ1) is 8.68. The van der Waals surface area contributed by atoms with E-state index in [-0.39, 0.29) is 5.78 Å². The van der Waals surface area contributed by atoms with E-state index in [1.807, 2.05) is 37.3 Å². The number of nitrogens with one attached hydrogen (secondary N) is 1. The van der Waals surface area contributed by atoms with Crippen LogP contribution < -0.4 is 5.43 Å². The van der Waals surface area contributed by atoms with Gasteiger partial charge in [-0.3, -0.25) is 10.2 Å². The summed E-state index contributed by atoms with van der Waals surface area (Å²) in [7, 11) is 0. The first kappa shape index (κ1) is 12.0. The number of anilines is 1. The van der Waals surface area contributed by atoms with Crippen LogP contribution in [0.1, 0.15) is 12.6 Å². The highest BCUT2D eigenvalue weighted by molar-refractivity contribution is 6.26. The van der Waals surface area contributed by atoms with Gasteiger partial charge in [0.2, 0.25) is 0 Å². The summed E-state index contributed by atoms with van der Waals surface area (Å²) in [5, 5.41) is 11.8. The molecule has 1 N–H and O–H groups in total. The van der Waals surface area contributed by atoms with Gasteiger partial charge >= 0.3 is 0 Å². The van der Waals surface area contributed by atoms with Crippen molar-refractivity contribution < 1.29 is 4.79 Å². The highest BCUT2D eigenvalue weighted by atomic mass is 16.1. The molecule has 2 aromatic rings. The smallest absolute Gasteiger partial charge is 0.192 e. The van der Waals surface area contributed by atoms with E-state index in [4.69, 9.17) is 0 Å². The third-order valence-corrected chi connectivity index (χ3v) is 2.31. The molecule has 6 nitrogen and oxygen atoms in total. The van der Waals surface area contributed by atoms with Crippen LogP contribution >= 0.6 is 0 Å². The molecule has 1 aromatic carbocycles. The fourth-order valence-corrected chi connectivity index (χ4v) is 1.43. The second-order valence-electron chi connectivity index (χ2n) is 3.75. The van der Waals surface area contributed by atoms with E-state index in [9.17, 15) is 4.79 Å². The van der Waals surface area contributed by atoms with Gasteiger partial charge in [-0.05, 0) is 19.1 Å². The summed E-state index contributed by atoms with van der Waals surface area (Å²) in [6, 6.07) is 9.66. The lowest BCUT2D eigenvalue weighted by molar-refractivity contribution is -0.110. The number of ketones is 1. The van der Waals surface area contributed by atoms with Crippen LogP contribution in [-0.2, 0) is 4.79 Å². The summed E-state index contributed by atoms with van der Waals surface area (Å²) >= 11 is 0. The van der Waals surface area contributed by atoms with Crippen molar-refractivity contribution in [3.05, 3.63) is 36.0 Å². The van der Waals surface area contributed by atoms with E-state index in [0.29, 0.717) is 5.82 Å². The molecule has 92 valence electrons. The minimum absolute atomic E-state index is 0.129. The summed E-state index contributed by atoms with van der Waals surface area (Å²) in [5.41, 5.74) is 4.43. The fourth-order valence-electron chi connectivity index (χ4n) is 1.43. The van der Waals surface area contributed by atoms with Gasteiger partial charge in [-0.2, -0.15) is 5.10 Å². The molecule has 1 aromatic heterocycles. The molecule has 0 unspecified atom stereocenters. The molecule has 0 atom stereocenters. The molecule has 1 heterocycles. The van der Waals surface area contributed by atoms with E-state index < -0.39 is 0 Å². The molecule has 0 aliphatic carbocycles. The largest absolute Gasteiger partial charge is 0.293 e. The van der Waals surface area contributed by atoms with Crippen LogP contribution in [-0.4, -0.2) is 27.0 Å². The van der Waals surface area contributed by atoms with Gasteiger partial charge in [-0.1, -0.05) is 23.4 Å². The Morgan fingerprint density at radius 1 is 1.39 bits per heavy atom. The van der Waals surface area contributed by atoms with Crippen LogP contribution in [0.15, 0.2) is 35.4 Å². The van der Waals surface area contributed by atoms with Crippen molar-refractivity contribution in [2.45, 2.75) is 13.8 Å². The maximum absolute atomic E-state index is 10.7. The van der Waals surface area contributed by atoms with Gasteiger partial charge in [0.15, 0.2) is 11.6 Å². The van der Waals surface area contributed by atoms with Gasteiger partial charge in [-0.15, -0.1) is 5.10 Å². The summed E-state index contributed by atoms with van der Waals surface area (Å²) in [6.45, 7) is 3.30. The van der Waals surface area contributed by atoms with E-state index in [0.717, 1.165) is 11.4 Å². The van der Waals surface area contributed by atoms with E-state index in [1.165, 1.54) is 13.1 Å². The number of rotatable bonds is 4. The number of nitrogens with zero attached hydrogens (tertiary/aromatic N) is 4. The maximum atomic E-state index is 10.7. The van der Waals surface area contributed by atoms with Crippen molar-refractivity contribution in [2.24, 2.45) is 5.10 Å². The number of carbonyl (C=O) groups is 1. The Balaban J connectivity index is 2.22. The zero-order valence-corrected chi connectivity index (χ0v) is 10.2. The van der Waals surface area contributed by atoms with E-state index in [2.05, 4.69) is 20.8 Å². The molecular formula is C12H13N5O. The fraction of sp³-hybridized carbons (Fsp3) is 0.167. The summed E-state index contributed by atoms with van der Waals surface area (Å²) in [4.78, 5) is 10.7. The molecule has 0 aliphatic rings. The molecule has 6 heteroatoms. The lowest BCUT2D eigenvalue weighted by Gasteiger charge is -2.02. The Morgan fingerprint density at radius 3 is 2.78 bits per heavy atom. The Bertz CT molecular complexity index is 573. The van der Waals surface area contributed by atoms with Gasteiger partial charge < -0.3 is 0 Å². The number of hydrogen-bond donors (Lipinski definition) is 1. The molecule has 0 bridgehead atoms. The first-order valence-electron chi connectivity index (χ1n) is 5.46. The molecule has 0 saturated carbocycles. The Morgan fingerprint density at radius 2 is 2.11 bits per heavy atom. The molecule has 0 radical (unpaired) electrons. The lowest BCUT2D eigenvalue weighted by atomic mass is 10.3. The second kappa shape index (κ2) is 5.22. The van der Waals surface area contributed by atoms with Crippen LogP contribution in [0, 0.1) is 6.92 Å². The van der Waals surface area contributed by atoms with Crippen LogP contribution in [0.5, 0.6) is 0 Å². The van der Waals surface area contributed by atoms with E-state index >= 15 is 0 Å². The Kier molecular flexibility index (Phi) is 3.47. The Hall–Kier alpha value is -2.50. The third kappa shape index (κ3) is 2.60. The molecular weight excluding hydrogens is 230 g/mol. The standard InChI is InChI=1S/C12H13N5O/c1-9(18)8-13-14-12-10(2)17(16-15-12)11-6-4-3-5-7-11/h3-8,14H,1-2H3/b13-8+. The quantitative estimate of drug-likeness (QED) is 0.653. The second-order valence-corrected chi connectivity index (χ2v) is 3.75. The average molecular weight is 243 g/mol.